The molecule has 0 aliphatic heterocycles. The van der Waals surface area contributed by atoms with Gasteiger partial charge in [0.25, 0.3) is 0 Å². The lowest BCUT2D eigenvalue weighted by molar-refractivity contribution is 0.463. The van der Waals surface area contributed by atoms with E-state index in [0.29, 0.717) is 6.07 Å². The summed E-state index contributed by atoms with van der Waals surface area (Å²) >= 11 is 0. The molecule has 0 aliphatic carbocycles. The molecule has 0 atom stereocenters. The van der Waals surface area contributed by atoms with Crippen LogP contribution in [0.5, 0.6) is 5.75 Å². The number of nitrogens with one attached hydrogen (secondary N) is 1. The average molecular weight is 211 g/mol. The van der Waals surface area contributed by atoms with E-state index in [2.05, 4.69) is 10.2 Å². The van der Waals surface area contributed by atoms with Crippen molar-refractivity contribution in [2.75, 3.05) is 5.73 Å². The molecule has 4 nitrogen and oxygen atoms in total. The summed E-state index contributed by atoms with van der Waals surface area (Å²) in [6.45, 7) is 0. The van der Waals surface area contributed by atoms with Gasteiger partial charge in [0, 0.05) is 18.2 Å². The van der Waals surface area contributed by atoms with Crippen molar-refractivity contribution in [2.45, 2.75) is 0 Å². The van der Waals surface area contributed by atoms with Gasteiger partial charge < -0.3 is 10.8 Å². The Labute approximate surface area is 83.4 Å². The van der Waals surface area contributed by atoms with Gasteiger partial charge in [-0.2, -0.15) is 5.10 Å². The Balaban J connectivity index is 2.62. The minimum Gasteiger partial charge on any atom is -0.507 e. The SMILES string of the molecule is Nc1cc(-c2c(O)cc(F)cc2F)[nH]n1. The van der Waals surface area contributed by atoms with Gasteiger partial charge in [-0.05, 0) is 0 Å². The van der Waals surface area contributed by atoms with Gasteiger partial charge in [0.15, 0.2) is 0 Å². The van der Waals surface area contributed by atoms with Gasteiger partial charge in [-0.3, -0.25) is 5.10 Å². The number of hydrogen-bond acceptors (Lipinski definition) is 3. The number of hydrogen-bond donors (Lipinski definition) is 3. The third-order valence-electron chi connectivity index (χ3n) is 1.90. The van der Waals surface area contributed by atoms with E-state index in [1.807, 2.05) is 0 Å². The van der Waals surface area contributed by atoms with Crippen LogP contribution in [0.2, 0.25) is 0 Å². The van der Waals surface area contributed by atoms with Crippen LogP contribution in [0.1, 0.15) is 0 Å². The molecule has 0 bridgehead atoms. The Bertz CT molecular complexity index is 487. The summed E-state index contributed by atoms with van der Waals surface area (Å²) in [7, 11) is 0. The molecule has 2 rings (SSSR count). The molecule has 2 aromatic rings. The quantitative estimate of drug-likeness (QED) is 0.671. The fraction of sp³-hybridized carbons (Fsp3) is 0. The Morgan fingerprint density at radius 3 is 2.53 bits per heavy atom. The third-order valence-corrected chi connectivity index (χ3v) is 1.90. The van der Waals surface area contributed by atoms with Crippen LogP contribution < -0.4 is 5.73 Å². The van der Waals surface area contributed by atoms with Crippen LogP contribution in [0.25, 0.3) is 11.3 Å². The Kier molecular flexibility index (Phi) is 2.03. The molecule has 0 fully saturated rings. The second-order valence-corrected chi connectivity index (χ2v) is 2.99. The molecule has 1 heterocycles. The molecule has 15 heavy (non-hydrogen) atoms. The summed E-state index contributed by atoms with van der Waals surface area (Å²) in [4.78, 5) is 0. The Morgan fingerprint density at radius 1 is 1.27 bits per heavy atom. The highest BCUT2D eigenvalue weighted by molar-refractivity contribution is 5.69. The smallest absolute Gasteiger partial charge is 0.145 e. The fourth-order valence-corrected chi connectivity index (χ4v) is 1.29. The van der Waals surface area contributed by atoms with Crippen molar-refractivity contribution >= 4 is 5.82 Å². The van der Waals surface area contributed by atoms with Gasteiger partial charge in [-0.25, -0.2) is 8.78 Å². The molecule has 0 spiro atoms. The summed E-state index contributed by atoms with van der Waals surface area (Å²) in [5.41, 5.74) is 5.37. The zero-order valence-corrected chi connectivity index (χ0v) is 7.46. The maximum atomic E-state index is 13.3. The molecular formula is C9H7F2N3O. The molecule has 0 unspecified atom stereocenters. The van der Waals surface area contributed by atoms with Crippen molar-refractivity contribution in [3.63, 3.8) is 0 Å². The van der Waals surface area contributed by atoms with Gasteiger partial charge in [-0.1, -0.05) is 0 Å². The van der Waals surface area contributed by atoms with Crippen molar-refractivity contribution in [1.82, 2.24) is 10.2 Å². The van der Waals surface area contributed by atoms with Gasteiger partial charge in [-0.15, -0.1) is 0 Å². The number of nitrogens with zero attached hydrogens (tertiary/aromatic N) is 1. The first-order valence-electron chi connectivity index (χ1n) is 4.07. The number of aromatic hydroxyl groups is 1. The zero-order valence-electron chi connectivity index (χ0n) is 7.46. The normalized spacial score (nSPS) is 10.5. The predicted molar refractivity (Wildman–Crippen MR) is 50.0 cm³/mol. The molecule has 0 saturated heterocycles. The number of phenolic OH excluding ortho intramolecular Hbond substituents is 1. The monoisotopic (exact) mass is 211 g/mol. The summed E-state index contributed by atoms with van der Waals surface area (Å²) in [6, 6.07) is 2.83. The van der Waals surface area contributed by atoms with Crippen LogP contribution in [-0.2, 0) is 0 Å². The van der Waals surface area contributed by atoms with Gasteiger partial charge in [0.1, 0.15) is 23.2 Å². The summed E-state index contributed by atoms with van der Waals surface area (Å²) in [5.74, 6) is -2.07. The average Bonchev–Trinajstić information content (AvgIpc) is 2.49. The number of halogens is 2. The number of nitrogens with two attached hydrogens (primary N) is 1. The van der Waals surface area contributed by atoms with Crippen LogP contribution in [-0.4, -0.2) is 15.3 Å². The highest BCUT2D eigenvalue weighted by Gasteiger charge is 2.14. The van der Waals surface area contributed by atoms with Gasteiger partial charge >= 0.3 is 0 Å². The van der Waals surface area contributed by atoms with E-state index in [0.717, 1.165) is 6.07 Å². The van der Waals surface area contributed by atoms with Crippen LogP contribution in [0, 0.1) is 11.6 Å². The maximum Gasteiger partial charge on any atom is 0.145 e. The van der Waals surface area contributed by atoms with E-state index in [1.165, 1.54) is 6.07 Å². The minimum absolute atomic E-state index is 0.152. The summed E-state index contributed by atoms with van der Waals surface area (Å²) < 4.78 is 26.0. The summed E-state index contributed by atoms with van der Waals surface area (Å²) in [6.07, 6.45) is 0. The molecule has 0 amide bonds. The molecule has 0 radical (unpaired) electrons. The topological polar surface area (TPSA) is 74.9 Å². The fourth-order valence-electron chi connectivity index (χ4n) is 1.29. The Morgan fingerprint density at radius 2 is 2.00 bits per heavy atom. The second-order valence-electron chi connectivity index (χ2n) is 2.99. The number of benzene rings is 1. The standard InChI is InChI=1S/C9H7F2N3O/c10-4-1-5(11)9(7(15)2-4)6-3-8(12)14-13-6/h1-3,15H,(H3,12,13,14). The molecule has 1 aromatic carbocycles. The minimum atomic E-state index is -0.879. The van der Waals surface area contributed by atoms with E-state index in [4.69, 9.17) is 5.73 Å². The van der Waals surface area contributed by atoms with Gasteiger partial charge in [0.2, 0.25) is 0 Å². The predicted octanol–water partition coefficient (Wildman–Crippen LogP) is 1.64. The van der Waals surface area contributed by atoms with Crippen LogP contribution >= 0.6 is 0 Å². The molecule has 1 aromatic heterocycles. The highest BCUT2D eigenvalue weighted by Crippen LogP contribution is 2.31. The number of phenols is 1. The van der Waals surface area contributed by atoms with Crippen molar-refractivity contribution in [3.8, 4) is 17.0 Å². The van der Waals surface area contributed by atoms with Crippen molar-refractivity contribution < 1.29 is 13.9 Å². The Hall–Kier alpha value is -2.11. The number of H-pyrrole nitrogens is 1. The highest BCUT2D eigenvalue weighted by atomic mass is 19.1. The molecule has 0 aliphatic rings. The molecule has 4 N–H and O–H groups in total. The molecule has 0 saturated carbocycles. The lowest BCUT2D eigenvalue weighted by atomic mass is 10.1. The third kappa shape index (κ3) is 1.61. The maximum absolute atomic E-state index is 13.3. The number of nitrogen functional groups attached to an aromatic ring is 1. The van der Waals surface area contributed by atoms with E-state index < -0.39 is 17.4 Å². The first kappa shape index (κ1) is 9.45. The molecular weight excluding hydrogens is 204 g/mol. The molecule has 6 heteroatoms. The van der Waals surface area contributed by atoms with Crippen LogP contribution in [0.4, 0.5) is 14.6 Å². The van der Waals surface area contributed by atoms with E-state index in [-0.39, 0.29) is 17.1 Å². The zero-order chi connectivity index (χ0) is 11.0. The first-order valence-corrected chi connectivity index (χ1v) is 4.07. The van der Waals surface area contributed by atoms with Crippen molar-refractivity contribution in [1.29, 1.82) is 0 Å². The van der Waals surface area contributed by atoms with E-state index >= 15 is 0 Å². The van der Waals surface area contributed by atoms with Crippen molar-refractivity contribution in [2.24, 2.45) is 0 Å². The van der Waals surface area contributed by atoms with Crippen molar-refractivity contribution in [3.05, 3.63) is 29.8 Å². The van der Waals surface area contributed by atoms with Crippen LogP contribution in [0.15, 0.2) is 18.2 Å². The lowest BCUT2D eigenvalue weighted by Gasteiger charge is -2.03. The number of anilines is 1. The lowest BCUT2D eigenvalue weighted by Crippen LogP contribution is -1.88. The van der Waals surface area contributed by atoms with E-state index in [1.54, 1.807) is 0 Å². The number of rotatable bonds is 1. The number of aromatic nitrogens is 2. The first-order chi connectivity index (χ1) is 7.08. The largest absolute Gasteiger partial charge is 0.507 e. The second kappa shape index (κ2) is 3.23. The van der Waals surface area contributed by atoms with E-state index in [9.17, 15) is 13.9 Å². The number of aromatic amines is 1. The van der Waals surface area contributed by atoms with Crippen LogP contribution in [0.3, 0.4) is 0 Å². The van der Waals surface area contributed by atoms with Gasteiger partial charge in [0.05, 0.1) is 11.3 Å². The molecule has 78 valence electrons. The summed E-state index contributed by atoms with van der Waals surface area (Å²) in [5, 5.41) is 15.4.